The Hall–Kier alpha value is -2.22. The van der Waals surface area contributed by atoms with Crippen LogP contribution in [0.3, 0.4) is 0 Å². The molecular formula is C16H20F2N2O4. The van der Waals surface area contributed by atoms with E-state index in [2.05, 4.69) is 5.32 Å². The highest BCUT2D eigenvalue weighted by molar-refractivity contribution is 5.82. The summed E-state index contributed by atoms with van der Waals surface area (Å²) in [6.45, 7) is 1.29. The second kappa shape index (κ2) is 8.05. The molecule has 1 aliphatic rings. The molecule has 0 spiro atoms. The van der Waals surface area contributed by atoms with Crippen molar-refractivity contribution in [3.8, 4) is 0 Å². The van der Waals surface area contributed by atoms with Crippen molar-refractivity contribution in [3.05, 3.63) is 35.9 Å². The first-order valence-electron chi connectivity index (χ1n) is 7.65. The van der Waals surface area contributed by atoms with E-state index in [0.717, 1.165) is 0 Å². The Morgan fingerprint density at radius 2 is 1.88 bits per heavy atom. The average molecular weight is 342 g/mol. The molecule has 6 nitrogen and oxygen atoms in total. The minimum absolute atomic E-state index is 0.304. The monoisotopic (exact) mass is 342 g/mol. The van der Waals surface area contributed by atoms with Gasteiger partial charge in [-0.15, -0.1) is 0 Å². The van der Waals surface area contributed by atoms with Gasteiger partial charge in [0.25, 0.3) is 5.92 Å². The number of carboxylic acids is 1. The molecule has 0 aliphatic carbocycles. The quantitative estimate of drug-likeness (QED) is 0.826. The van der Waals surface area contributed by atoms with Crippen molar-refractivity contribution in [2.24, 2.45) is 0 Å². The molecule has 0 saturated carbocycles. The maximum absolute atomic E-state index is 14.2. The lowest BCUT2D eigenvalue weighted by Crippen LogP contribution is -2.52. The Kier molecular flexibility index (Phi) is 6.08. The molecule has 0 aromatic heterocycles. The van der Waals surface area contributed by atoms with Crippen molar-refractivity contribution in [3.63, 3.8) is 0 Å². The van der Waals surface area contributed by atoms with E-state index in [1.807, 2.05) is 0 Å². The van der Waals surface area contributed by atoms with Crippen molar-refractivity contribution in [1.82, 2.24) is 10.2 Å². The van der Waals surface area contributed by atoms with Gasteiger partial charge in [0.1, 0.15) is 6.04 Å². The number of urea groups is 1. The predicted molar refractivity (Wildman–Crippen MR) is 82.1 cm³/mol. The second-order valence-electron chi connectivity index (χ2n) is 5.66. The normalized spacial score (nSPS) is 16.5. The van der Waals surface area contributed by atoms with Crippen molar-refractivity contribution in [2.45, 2.75) is 24.8 Å². The molecule has 1 aliphatic heterocycles. The summed E-state index contributed by atoms with van der Waals surface area (Å²) >= 11 is 0. The van der Waals surface area contributed by atoms with Crippen molar-refractivity contribution < 1.29 is 28.2 Å². The third-order valence-corrected chi connectivity index (χ3v) is 3.70. The van der Waals surface area contributed by atoms with E-state index in [0.29, 0.717) is 31.9 Å². The average Bonchev–Trinajstić information content (AvgIpc) is 2.55. The molecule has 8 heteroatoms. The van der Waals surface area contributed by atoms with Crippen LogP contribution in [0.5, 0.6) is 0 Å². The summed E-state index contributed by atoms with van der Waals surface area (Å²) in [4.78, 5) is 24.6. The van der Waals surface area contributed by atoms with Crippen LogP contribution in [0.15, 0.2) is 30.3 Å². The molecule has 1 saturated heterocycles. The van der Waals surface area contributed by atoms with E-state index in [1.54, 1.807) is 30.3 Å². The third-order valence-electron chi connectivity index (χ3n) is 3.70. The number of halogens is 2. The Bertz CT molecular complexity index is 562. The maximum atomic E-state index is 14.2. The smallest absolute Gasteiger partial charge is 0.326 e. The first-order valence-corrected chi connectivity index (χ1v) is 7.65. The summed E-state index contributed by atoms with van der Waals surface area (Å²) in [5.74, 6) is -4.73. The number of carboxylic acid groups (broad SMARTS) is 1. The fraction of sp³-hybridized carbons (Fsp3) is 0.500. The molecule has 132 valence electrons. The summed E-state index contributed by atoms with van der Waals surface area (Å²) in [5, 5.41) is 11.3. The van der Waals surface area contributed by atoms with Crippen LogP contribution in [-0.4, -0.2) is 60.3 Å². The van der Waals surface area contributed by atoms with Crippen LogP contribution < -0.4 is 5.32 Å². The standard InChI is InChI=1S/C16H20F2N2O4/c17-16(18,10-12-4-2-1-3-5-12)11-13(14(21)22)19-15(23)20-6-8-24-9-7-20/h1-5,13H,6-11H2,(H,19,23)(H,21,22)/t13-/m0/s1. The van der Waals surface area contributed by atoms with E-state index in [4.69, 9.17) is 9.84 Å². The van der Waals surface area contributed by atoms with Crippen molar-refractivity contribution in [2.75, 3.05) is 26.3 Å². The number of aliphatic carboxylic acids is 1. The number of benzene rings is 1. The van der Waals surface area contributed by atoms with Crippen LogP contribution in [0.4, 0.5) is 13.6 Å². The molecule has 1 heterocycles. The van der Waals surface area contributed by atoms with Crippen LogP contribution >= 0.6 is 0 Å². The van der Waals surface area contributed by atoms with Crippen LogP contribution in [-0.2, 0) is 16.0 Å². The van der Waals surface area contributed by atoms with Gasteiger partial charge in [0, 0.05) is 25.9 Å². The summed E-state index contributed by atoms with van der Waals surface area (Å²) in [7, 11) is 0. The van der Waals surface area contributed by atoms with Gasteiger partial charge in [0.15, 0.2) is 0 Å². The molecular weight excluding hydrogens is 322 g/mol. The number of hydrogen-bond donors (Lipinski definition) is 2. The number of hydrogen-bond acceptors (Lipinski definition) is 3. The summed E-state index contributed by atoms with van der Waals surface area (Å²) in [6, 6.07) is 5.77. The van der Waals surface area contributed by atoms with E-state index in [1.165, 1.54) is 4.90 Å². The number of rotatable bonds is 6. The Morgan fingerprint density at radius 1 is 1.25 bits per heavy atom. The van der Waals surface area contributed by atoms with Crippen molar-refractivity contribution >= 4 is 12.0 Å². The molecule has 0 bridgehead atoms. The van der Waals surface area contributed by atoms with Gasteiger partial charge in [-0.2, -0.15) is 0 Å². The van der Waals surface area contributed by atoms with Gasteiger partial charge in [0.2, 0.25) is 0 Å². The highest BCUT2D eigenvalue weighted by atomic mass is 19.3. The number of carbonyl (C=O) groups is 2. The van der Waals surface area contributed by atoms with Crippen LogP contribution in [0, 0.1) is 0 Å². The molecule has 1 fully saturated rings. The molecule has 1 aromatic rings. The molecule has 2 amide bonds. The minimum Gasteiger partial charge on any atom is -0.480 e. The molecule has 2 rings (SSSR count). The molecule has 2 N–H and O–H groups in total. The molecule has 0 unspecified atom stereocenters. The van der Waals surface area contributed by atoms with E-state index < -0.39 is 36.8 Å². The number of carbonyl (C=O) groups excluding carboxylic acids is 1. The topological polar surface area (TPSA) is 78.9 Å². The highest BCUT2D eigenvalue weighted by Gasteiger charge is 2.37. The lowest BCUT2D eigenvalue weighted by atomic mass is 10.0. The van der Waals surface area contributed by atoms with E-state index >= 15 is 0 Å². The lowest BCUT2D eigenvalue weighted by Gasteiger charge is -2.29. The van der Waals surface area contributed by atoms with Gasteiger partial charge in [-0.3, -0.25) is 0 Å². The van der Waals surface area contributed by atoms with Gasteiger partial charge >= 0.3 is 12.0 Å². The zero-order chi connectivity index (χ0) is 17.6. The molecule has 1 atom stereocenters. The van der Waals surface area contributed by atoms with Crippen LogP contribution in [0.25, 0.3) is 0 Å². The Morgan fingerprint density at radius 3 is 2.46 bits per heavy atom. The lowest BCUT2D eigenvalue weighted by molar-refractivity contribution is -0.142. The highest BCUT2D eigenvalue weighted by Crippen LogP contribution is 2.25. The number of amides is 2. The first-order chi connectivity index (χ1) is 11.4. The maximum Gasteiger partial charge on any atom is 0.326 e. The molecule has 0 radical (unpaired) electrons. The zero-order valence-corrected chi connectivity index (χ0v) is 13.1. The van der Waals surface area contributed by atoms with Gasteiger partial charge in [-0.25, -0.2) is 18.4 Å². The molecule has 1 aromatic carbocycles. The summed E-state index contributed by atoms with van der Waals surface area (Å²) in [5.41, 5.74) is 0.408. The predicted octanol–water partition coefficient (Wildman–Crippen LogP) is 1.75. The van der Waals surface area contributed by atoms with Gasteiger partial charge < -0.3 is 20.1 Å². The first kappa shape index (κ1) is 18.1. The van der Waals surface area contributed by atoms with Crippen LogP contribution in [0.1, 0.15) is 12.0 Å². The van der Waals surface area contributed by atoms with Crippen LogP contribution in [0.2, 0.25) is 0 Å². The van der Waals surface area contributed by atoms with E-state index in [9.17, 15) is 18.4 Å². The van der Waals surface area contributed by atoms with Crippen molar-refractivity contribution in [1.29, 1.82) is 0 Å². The summed E-state index contributed by atoms with van der Waals surface area (Å²) < 4.78 is 33.4. The summed E-state index contributed by atoms with van der Waals surface area (Å²) in [6.07, 6.45) is -1.54. The van der Waals surface area contributed by atoms with E-state index in [-0.39, 0.29) is 0 Å². The fourth-order valence-corrected chi connectivity index (χ4v) is 2.47. The second-order valence-corrected chi connectivity index (χ2v) is 5.66. The SMILES string of the molecule is O=C(O)[C@H](CC(F)(F)Cc1ccccc1)NC(=O)N1CCOCC1. The number of ether oxygens (including phenoxy) is 1. The number of nitrogens with one attached hydrogen (secondary N) is 1. The largest absolute Gasteiger partial charge is 0.480 e. The molecule has 24 heavy (non-hydrogen) atoms. The minimum atomic E-state index is -3.25. The number of alkyl halides is 2. The number of morpholine rings is 1. The zero-order valence-electron chi connectivity index (χ0n) is 13.1. The fourth-order valence-electron chi connectivity index (χ4n) is 2.47. The number of nitrogens with zero attached hydrogens (tertiary/aromatic N) is 1. The Labute approximate surface area is 138 Å². The van der Waals surface area contributed by atoms with Gasteiger partial charge in [-0.1, -0.05) is 30.3 Å². The van der Waals surface area contributed by atoms with Gasteiger partial charge in [0.05, 0.1) is 13.2 Å². The Balaban J connectivity index is 1.96. The third kappa shape index (κ3) is 5.45. The van der Waals surface area contributed by atoms with Gasteiger partial charge in [-0.05, 0) is 5.56 Å².